The van der Waals surface area contributed by atoms with Crippen LogP contribution >= 0.6 is 11.6 Å². The van der Waals surface area contributed by atoms with Gasteiger partial charge in [0.05, 0.1) is 29.8 Å². The van der Waals surface area contributed by atoms with Crippen molar-refractivity contribution in [3.05, 3.63) is 64.3 Å². The maximum atomic E-state index is 9.74. The van der Waals surface area contributed by atoms with E-state index in [1.165, 1.54) is 0 Å². The number of ether oxygens (including phenoxy) is 1. The number of aromatic nitrogens is 4. The van der Waals surface area contributed by atoms with Crippen LogP contribution in [0.25, 0.3) is 33.1 Å². The number of aryl methyl sites for hydroxylation is 3. The SMILES string of the molecule is COc1cc2c(cc1-c1c(C)noc1C)[nH]c1nc(C)nc(N[C@H](CCO)c3cccc(Cl)c3)c12. The molecule has 0 bridgehead atoms. The normalized spacial score (nSPS) is 12.4. The van der Waals surface area contributed by atoms with Gasteiger partial charge in [-0.15, -0.1) is 0 Å². The molecular weight excluding hydrogens is 466 g/mol. The number of aromatic amines is 1. The second-order valence-corrected chi connectivity index (χ2v) is 8.97. The second-order valence-electron chi connectivity index (χ2n) is 8.53. The van der Waals surface area contributed by atoms with Crippen molar-refractivity contribution in [1.29, 1.82) is 0 Å². The molecule has 0 saturated heterocycles. The molecular formula is C26H26ClN5O3. The van der Waals surface area contributed by atoms with Gasteiger partial charge in [-0.05, 0) is 57.0 Å². The summed E-state index contributed by atoms with van der Waals surface area (Å²) < 4.78 is 11.2. The number of halogens is 1. The highest BCUT2D eigenvalue weighted by Gasteiger charge is 2.22. The summed E-state index contributed by atoms with van der Waals surface area (Å²) in [7, 11) is 1.65. The predicted molar refractivity (Wildman–Crippen MR) is 137 cm³/mol. The molecule has 35 heavy (non-hydrogen) atoms. The molecule has 3 N–H and O–H groups in total. The minimum absolute atomic E-state index is 0.0138. The summed E-state index contributed by atoms with van der Waals surface area (Å²) in [6.45, 7) is 5.67. The van der Waals surface area contributed by atoms with Gasteiger partial charge >= 0.3 is 0 Å². The van der Waals surface area contributed by atoms with Gasteiger partial charge in [-0.1, -0.05) is 28.9 Å². The first kappa shape index (κ1) is 23.1. The number of nitrogens with one attached hydrogen (secondary N) is 2. The first-order valence-corrected chi connectivity index (χ1v) is 11.7. The number of aliphatic hydroxyl groups excluding tert-OH is 1. The Hall–Kier alpha value is -3.62. The van der Waals surface area contributed by atoms with Crippen LogP contribution in [0.15, 0.2) is 40.9 Å². The van der Waals surface area contributed by atoms with E-state index in [1.54, 1.807) is 7.11 Å². The number of nitrogens with zero attached hydrogens (tertiary/aromatic N) is 3. The van der Waals surface area contributed by atoms with Gasteiger partial charge < -0.3 is 24.7 Å². The van der Waals surface area contributed by atoms with E-state index in [0.29, 0.717) is 34.5 Å². The standard InChI is InChI=1S/C26H26ClN5O3/c1-13-23(14(2)35-32-13)19-11-21-18(12-22(19)34-4)24-25(28-15(3)29-26(24)31-21)30-20(8-9-33)16-6-5-7-17(27)10-16/h5-7,10-12,20,33H,8-9H2,1-4H3,(H2,28,29,30,31)/t20-/m1/s1. The second kappa shape index (κ2) is 9.20. The minimum Gasteiger partial charge on any atom is -0.496 e. The average molecular weight is 492 g/mol. The number of aliphatic hydroxyl groups is 1. The molecule has 0 fully saturated rings. The molecule has 3 heterocycles. The van der Waals surface area contributed by atoms with Crippen molar-refractivity contribution in [1.82, 2.24) is 20.1 Å². The van der Waals surface area contributed by atoms with Crippen molar-refractivity contribution in [3.8, 4) is 16.9 Å². The molecule has 3 aromatic heterocycles. The zero-order valence-corrected chi connectivity index (χ0v) is 20.7. The number of rotatable bonds is 7. The molecule has 5 aromatic rings. The monoisotopic (exact) mass is 491 g/mol. The largest absolute Gasteiger partial charge is 0.496 e. The summed E-state index contributed by atoms with van der Waals surface area (Å²) in [6.07, 6.45) is 0.493. The number of hydrogen-bond donors (Lipinski definition) is 3. The van der Waals surface area contributed by atoms with Crippen LogP contribution in [0.5, 0.6) is 5.75 Å². The third-order valence-corrected chi connectivity index (χ3v) is 6.40. The summed E-state index contributed by atoms with van der Waals surface area (Å²) >= 11 is 6.24. The van der Waals surface area contributed by atoms with Gasteiger partial charge in [-0.2, -0.15) is 0 Å². The van der Waals surface area contributed by atoms with E-state index in [1.807, 2.05) is 57.2 Å². The lowest BCUT2D eigenvalue weighted by Gasteiger charge is -2.20. The fourth-order valence-corrected chi connectivity index (χ4v) is 4.81. The number of anilines is 1. The molecule has 0 spiro atoms. The Morgan fingerprint density at radius 1 is 1.17 bits per heavy atom. The van der Waals surface area contributed by atoms with Gasteiger partial charge in [0.15, 0.2) is 0 Å². The van der Waals surface area contributed by atoms with Crippen molar-refractivity contribution in [2.24, 2.45) is 0 Å². The number of benzene rings is 2. The summed E-state index contributed by atoms with van der Waals surface area (Å²) in [5, 5.41) is 19.8. The number of hydrogen-bond acceptors (Lipinski definition) is 7. The molecule has 2 aromatic carbocycles. The highest BCUT2D eigenvalue weighted by atomic mass is 35.5. The molecule has 180 valence electrons. The topological polar surface area (TPSA) is 109 Å². The smallest absolute Gasteiger partial charge is 0.144 e. The van der Waals surface area contributed by atoms with E-state index >= 15 is 0 Å². The van der Waals surface area contributed by atoms with Gasteiger partial charge in [0.2, 0.25) is 0 Å². The highest BCUT2D eigenvalue weighted by molar-refractivity contribution is 6.30. The van der Waals surface area contributed by atoms with E-state index in [0.717, 1.165) is 44.4 Å². The Morgan fingerprint density at radius 3 is 2.69 bits per heavy atom. The van der Waals surface area contributed by atoms with E-state index in [4.69, 9.17) is 25.8 Å². The van der Waals surface area contributed by atoms with Crippen LogP contribution < -0.4 is 10.1 Å². The van der Waals surface area contributed by atoms with E-state index in [9.17, 15) is 5.11 Å². The molecule has 0 aliphatic heterocycles. The Kier molecular flexibility index (Phi) is 6.08. The molecule has 8 nitrogen and oxygen atoms in total. The number of fused-ring (bicyclic) bond motifs is 3. The zero-order chi connectivity index (χ0) is 24.7. The molecule has 5 rings (SSSR count). The Bertz CT molecular complexity index is 1520. The van der Waals surface area contributed by atoms with Crippen LogP contribution in [0, 0.1) is 20.8 Å². The van der Waals surface area contributed by atoms with Crippen LogP contribution in [0.1, 0.15) is 35.3 Å². The molecule has 9 heteroatoms. The third-order valence-electron chi connectivity index (χ3n) is 6.17. The van der Waals surface area contributed by atoms with Gasteiger partial charge in [-0.3, -0.25) is 0 Å². The summed E-state index contributed by atoms with van der Waals surface area (Å²) in [5.41, 5.74) is 5.16. The maximum Gasteiger partial charge on any atom is 0.144 e. The molecule has 0 aliphatic carbocycles. The summed E-state index contributed by atoms with van der Waals surface area (Å²) in [5.74, 6) is 2.71. The van der Waals surface area contributed by atoms with Crippen LogP contribution in [0.2, 0.25) is 5.02 Å². The summed E-state index contributed by atoms with van der Waals surface area (Å²) in [6, 6.07) is 11.4. The zero-order valence-electron chi connectivity index (χ0n) is 19.9. The fraction of sp³-hybridized carbons (Fsp3) is 0.269. The van der Waals surface area contributed by atoms with Crippen molar-refractivity contribution in [3.63, 3.8) is 0 Å². The number of methoxy groups -OCH3 is 1. The van der Waals surface area contributed by atoms with Crippen molar-refractivity contribution in [2.45, 2.75) is 33.2 Å². The molecule has 0 amide bonds. The average Bonchev–Trinajstić information content (AvgIpc) is 3.35. The quantitative estimate of drug-likeness (QED) is 0.260. The van der Waals surface area contributed by atoms with E-state index in [2.05, 4.69) is 20.4 Å². The van der Waals surface area contributed by atoms with Crippen LogP contribution in [0.3, 0.4) is 0 Å². The lowest BCUT2D eigenvalue weighted by Crippen LogP contribution is -2.14. The Balaban J connectivity index is 1.69. The van der Waals surface area contributed by atoms with Crippen molar-refractivity contribution < 1.29 is 14.4 Å². The van der Waals surface area contributed by atoms with E-state index in [-0.39, 0.29) is 12.6 Å². The van der Waals surface area contributed by atoms with E-state index < -0.39 is 0 Å². The van der Waals surface area contributed by atoms with Crippen molar-refractivity contribution >= 4 is 39.4 Å². The molecule has 1 atom stereocenters. The van der Waals surface area contributed by atoms with Gasteiger partial charge in [0.25, 0.3) is 0 Å². The molecule has 0 unspecified atom stereocenters. The lowest BCUT2D eigenvalue weighted by molar-refractivity contribution is 0.280. The molecule has 0 aliphatic rings. The highest BCUT2D eigenvalue weighted by Crippen LogP contribution is 2.41. The van der Waals surface area contributed by atoms with Gasteiger partial charge in [0.1, 0.15) is 28.8 Å². The number of H-pyrrole nitrogens is 1. The molecule has 0 saturated carbocycles. The Morgan fingerprint density at radius 2 is 2.00 bits per heavy atom. The lowest BCUT2D eigenvalue weighted by atomic mass is 10.0. The minimum atomic E-state index is -0.190. The van der Waals surface area contributed by atoms with Crippen LogP contribution in [0.4, 0.5) is 5.82 Å². The van der Waals surface area contributed by atoms with Crippen LogP contribution in [-0.2, 0) is 0 Å². The van der Waals surface area contributed by atoms with Gasteiger partial charge in [-0.25, -0.2) is 9.97 Å². The third kappa shape index (κ3) is 4.19. The Labute approximate surface area is 207 Å². The summed E-state index contributed by atoms with van der Waals surface area (Å²) in [4.78, 5) is 12.8. The van der Waals surface area contributed by atoms with Gasteiger partial charge in [0, 0.05) is 28.1 Å². The van der Waals surface area contributed by atoms with Crippen LogP contribution in [-0.4, -0.2) is 38.9 Å². The predicted octanol–water partition coefficient (Wildman–Crippen LogP) is 5.89. The maximum absolute atomic E-state index is 9.74. The fourth-order valence-electron chi connectivity index (χ4n) is 4.61. The first-order chi connectivity index (χ1) is 16.9. The van der Waals surface area contributed by atoms with Crippen molar-refractivity contribution in [2.75, 3.05) is 19.0 Å². The first-order valence-electron chi connectivity index (χ1n) is 11.3. The molecule has 0 radical (unpaired) electrons.